The van der Waals surface area contributed by atoms with E-state index in [1.165, 1.54) is 6.20 Å². The summed E-state index contributed by atoms with van der Waals surface area (Å²) in [5, 5.41) is 12.0. The van der Waals surface area contributed by atoms with E-state index in [2.05, 4.69) is 15.3 Å². The number of aromatic nitrogens is 2. The predicted octanol–water partition coefficient (Wildman–Crippen LogP) is 1.91. The van der Waals surface area contributed by atoms with E-state index in [1.807, 2.05) is 37.3 Å². The van der Waals surface area contributed by atoms with E-state index in [9.17, 15) is 4.79 Å². The third-order valence-corrected chi connectivity index (χ3v) is 4.09. The van der Waals surface area contributed by atoms with Crippen molar-refractivity contribution in [2.75, 3.05) is 18.6 Å². The number of hydrogen-bond acceptors (Lipinski definition) is 7. The van der Waals surface area contributed by atoms with Gasteiger partial charge in [0.15, 0.2) is 5.16 Å². The third-order valence-electron chi connectivity index (χ3n) is 3.23. The monoisotopic (exact) mass is 343 g/mol. The molecule has 1 atom stereocenters. The first-order valence-electron chi connectivity index (χ1n) is 7.12. The Morgan fingerprint density at radius 3 is 2.92 bits per heavy atom. The molecule has 1 amide bonds. The summed E-state index contributed by atoms with van der Waals surface area (Å²) in [6.07, 6.45) is 1.35. The Morgan fingerprint density at radius 1 is 1.50 bits per heavy atom. The van der Waals surface area contributed by atoms with Crippen LogP contribution >= 0.6 is 11.8 Å². The molecule has 1 heterocycles. The summed E-state index contributed by atoms with van der Waals surface area (Å²) in [7, 11) is 1.59. The van der Waals surface area contributed by atoms with Gasteiger partial charge < -0.3 is 15.8 Å². The van der Waals surface area contributed by atoms with Gasteiger partial charge in [0.25, 0.3) is 0 Å². The number of nitrogen functional groups attached to an aromatic ring is 1. The number of carbonyl (C=O) groups excluding carboxylic acids is 1. The number of para-hydroxylation sites is 1. The van der Waals surface area contributed by atoms with Gasteiger partial charge in [0, 0.05) is 5.56 Å². The van der Waals surface area contributed by atoms with Crippen molar-refractivity contribution >= 4 is 23.5 Å². The van der Waals surface area contributed by atoms with E-state index in [0.29, 0.717) is 5.16 Å². The van der Waals surface area contributed by atoms with E-state index in [-0.39, 0.29) is 29.1 Å². The number of rotatable bonds is 6. The SMILES string of the molecule is COc1ccccc1C(C)NC(=O)CSc1ncc(C#N)c(N)n1. The Labute approximate surface area is 144 Å². The fourth-order valence-electron chi connectivity index (χ4n) is 2.05. The normalized spacial score (nSPS) is 11.4. The van der Waals surface area contributed by atoms with Gasteiger partial charge in [0.1, 0.15) is 23.2 Å². The summed E-state index contributed by atoms with van der Waals surface area (Å²) in [6, 6.07) is 9.22. The molecule has 1 unspecified atom stereocenters. The Hall–Kier alpha value is -2.79. The van der Waals surface area contributed by atoms with Crippen molar-refractivity contribution in [1.29, 1.82) is 5.26 Å². The van der Waals surface area contributed by atoms with Crippen LogP contribution in [0.25, 0.3) is 0 Å². The zero-order valence-electron chi connectivity index (χ0n) is 13.3. The molecule has 0 saturated carbocycles. The molecule has 0 bridgehead atoms. The van der Waals surface area contributed by atoms with Crippen LogP contribution in [0.15, 0.2) is 35.6 Å². The lowest BCUT2D eigenvalue weighted by atomic mass is 10.1. The fourth-order valence-corrected chi connectivity index (χ4v) is 2.68. The molecule has 24 heavy (non-hydrogen) atoms. The molecule has 2 rings (SSSR count). The number of thioether (sulfide) groups is 1. The van der Waals surface area contributed by atoms with E-state index in [0.717, 1.165) is 23.1 Å². The number of ether oxygens (including phenoxy) is 1. The van der Waals surface area contributed by atoms with Crippen LogP contribution in [0.5, 0.6) is 5.75 Å². The molecule has 3 N–H and O–H groups in total. The second kappa shape index (κ2) is 8.17. The number of amides is 1. The van der Waals surface area contributed by atoms with Crippen LogP contribution in [0.3, 0.4) is 0 Å². The highest BCUT2D eigenvalue weighted by Crippen LogP contribution is 2.24. The highest BCUT2D eigenvalue weighted by Gasteiger charge is 2.14. The van der Waals surface area contributed by atoms with Crippen LogP contribution in [-0.4, -0.2) is 28.7 Å². The fraction of sp³-hybridized carbons (Fsp3) is 0.250. The van der Waals surface area contributed by atoms with E-state index in [4.69, 9.17) is 15.7 Å². The van der Waals surface area contributed by atoms with Crippen molar-refractivity contribution in [2.24, 2.45) is 0 Å². The summed E-state index contributed by atoms with van der Waals surface area (Å²) >= 11 is 1.15. The molecule has 0 radical (unpaired) electrons. The summed E-state index contributed by atoms with van der Waals surface area (Å²) < 4.78 is 5.30. The molecule has 0 aliphatic heterocycles. The Morgan fingerprint density at radius 2 is 2.25 bits per heavy atom. The molecule has 0 aliphatic rings. The first-order chi connectivity index (χ1) is 11.5. The number of methoxy groups -OCH3 is 1. The van der Waals surface area contributed by atoms with Gasteiger partial charge in [-0.3, -0.25) is 4.79 Å². The Kier molecular flexibility index (Phi) is 5.98. The molecular formula is C16H17N5O2S. The van der Waals surface area contributed by atoms with Gasteiger partial charge in [0.2, 0.25) is 5.91 Å². The van der Waals surface area contributed by atoms with Crippen molar-refractivity contribution in [3.8, 4) is 11.8 Å². The second-order valence-corrected chi connectivity index (χ2v) is 5.83. The third kappa shape index (κ3) is 4.36. The maximum Gasteiger partial charge on any atom is 0.230 e. The van der Waals surface area contributed by atoms with Crippen LogP contribution in [-0.2, 0) is 4.79 Å². The number of nitrogens with zero attached hydrogens (tertiary/aromatic N) is 3. The number of hydrogen-bond donors (Lipinski definition) is 2. The zero-order chi connectivity index (χ0) is 17.5. The minimum atomic E-state index is -0.193. The standard InChI is InChI=1S/C16H17N5O2S/c1-10(12-5-3-4-6-13(12)23-2)20-14(22)9-24-16-19-8-11(7-17)15(18)21-16/h3-6,8,10H,9H2,1-2H3,(H,20,22)(H2,18,19,21). The van der Waals surface area contributed by atoms with Gasteiger partial charge >= 0.3 is 0 Å². The number of benzene rings is 1. The molecule has 7 nitrogen and oxygen atoms in total. The average molecular weight is 343 g/mol. The topological polar surface area (TPSA) is 114 Å². The van der Waals surface area contributed by atoms with Gasteiger partial charge in [-0.15, -0.1) is 0 Å². The summed E-state index contributed by atoms with van der Waals surface area (Å²) in [5.41, 5.74) is 6.74. The summed E-state index contributed by atoms with van der Waals surface area (Å²) in [4.78, 5) is 20.1. The number of nitrogens with two attached hydrogens (primary N) is 1. The lowest BCUT2D eigenvalue weighted by Crippen LogP contribution is -2.28. The molecule has 0 fully saturated rings. The summed E-state index contributed by atoms with van der Waals surface area (Å²) in [5.74, 6) is 0.814. The number of nitrogens with one attached hydrogen (secondary N) is 1. The van der Waals surface area contributed by atoms with Crippen molar-refractivity contribution in [3.63, 3.8) is 0 Å². The molecule has 8 heteroatoms. The lowest BCUT2D eigenvalue weighted by Gasteiger charge is -2.17. The summed E-state index contributed by atoms with van der Waals surface area (Å²) in [6.45, 7) is 1.89. The molecule has 1 aromatic carbocycles. The largest absolute Gasteiger partial charge is 0.496 e. The van der Waals surface area contributed by atoms with Crippen LogP contribution < -0.4 is 15.8 Å². The molecule has 1 aromatic heterocycles. The van der Waals surface area contributed by atoms with Crippen molar-refractivity contribution in [1.82, 2.24) is 15.3 Å². The van der Waals surface area contributed by atoms with Crippen LogP contribution in [0.4, 0.5) is 5.82 Å². The first kappa shape index (κ1) is 17.6. The highest BCUT2D eigenvalue weighted by molar-refractivity contribution is 7.99. The molecule has 0 spiro atoms. The maximum absolute atomic E-state index is 12.1. The van der Waals surface area contributed by atoms with Crippen LogP contribution in [0.1, 0.15) is 24.1 Å². The number of nitriles is 1. The van der Waals surface area contributed by atoms with E-state index < -0.39 is 0 Å². The van der Waals surface area contributed by atoms with Crippen molar-refractivity contribution in [2.45, 2.75) is 18.1 Å². The lowest BCUT2D eigenvalue weighted by molar-refractivity contribution is -0.119. The second-order valence-electron chi connectivity index (χ2n) is 4.88. The zero-order valence-corrected chi connectivity index (χ0v) is 14.1. The van der Waals surface area contributed by atoms with Gasteiger partial charge in [-0.05, 0) is 13.0 Å². The quantitative estimate of drug-likeness (QED) is 0.608. The van der Waals surface area contributed by atoms with Crippen molar-refractivity contribution < 1.29 is 9.53 Å². The number of anilines is 1. The predicted molar refractivity (Wildman–Crippen MR) is 91.4 cm³/mol. The van der Waals surface area contributed by atoms with Gasteiger partial charge in [-0.2, -0.15) is 5.26 Å². The highest BCUT2D eigenvalue weighted by atomic mass is 32.2. The Bertz CT molecular complexity index is 775. The molecule has 0 saturated heterocycles. The minimum absolute atomic E-state index is 0.109. The molecule has 0 aliphatic carbocycles. The van der Waals surface area contributed by atoms with E-state index >= 15 is 0 Å². The van der Waals surface area contributed by atoms with Gasteiger partial charge in [0.05, 0.1) is 25.1 Å². The first-order valence-corrected chi connectivity index (χ1v) is 8.11. The van der Waals surface area contributed by atoms with Crippen LogP contribution in [0, 0.1) is 11.3 Å². The van der Waals surface area contributed by atoms with Crippen molar-refractivity contribution in [3.05, 3.63) is 41.6 Å². The maximum atomic E-state index is 12.1. The number of carbonyl (C=O) groups is 1. The van der Waals surface area contributed by atoms with Gasteiger partial charge in [-0.1, -0.05) is 30.0 Å². The molecule has 124 valence electrons. The average Bonchev–Trinajstić information content (AvgIpc) is 2.60. The smallest absolute Gasteiger partial charge is 0.230 e. The van der Waals surface area contributed by atoms with E-state index in [1.54, 1.807) is 7.11 Å². The minimum Gasteiger partial charge on any atom is -0.496 e. The van der Waals surface area contributed by atoms with Crippen LogP contribution in [0.2, 0.25) is 0 Å². The Balaban J connectivity index is 1.93. The molecular weight excluding hydrogens is 326 g/mol. The van der Waals surface area contributed by atoms with Gasteiger partial charge in [-0.25, -0.2) is 9.97 Å². The molecule has 2 aromatic rings.